The van der Waals surface area contributed by atoms with Crippen LogP contribution in [0.15, 0.2) is 75.7 Å². The minimum Gasteiger partial charge on any atom is -0.503 e. The molecule has 0 atom stereocenters. The number of thioether (sulfide) groups is 1. The largest absolute Gasteiger partial charge is 0.503 e. The Hall–Kier alpha value is -3.90. The number of phenols is 1. The Morgan fingerprint density at radius 1 is 1.24 bits per heavy atom. The molecule has 0 aliphatic rings. The zero-order valence-electron chi connectivity index (χ0n) is 20.0. The van der Waals surface area contributed by atoms with Crippen molar-refractivity contribution in [1.29, 1.82) is 0 Å². The molecule has 1 amide bonds. The van der Waals surface area contributed by atoms with Gasteiger partial charge in [-0.3, -0.25) is 14.3 Å². The van der Waals surface area contributed by atoms with Gasteiger partial charge in [0, 0.05) is 23.6 Å². The molecule has 0 saturated carbocycles. The normalized spacial score (nSPS) is 11.0. The first kappa shape index (κ1) is 26.2. The minimum atomic E-state index is -0.324. The summed E-state index contributed by atoms with van der Waals surface area (Å²) < 4.78 is 13.0. The van der Waals surface area contributed by atoms with Gasteiger partial charge in [0.25, 0.3) is 5.91 Å². The van der Waals surface area contributed by atoms with Gasteiger partial charge in [-0.25, -0.2) is 5.43 Å². The average Bonchev–Trinajstić information content (AvgIpc) is 3.34. The van der Waals surface area contributed by atoms with Crippen molar-refractivity contribution in [3.05, 3.63) is 71.0 Å². The van der Waals surface area contributed by atoms with Crippen LogP contribution in [0.2, 0.25) is 0 Å². The van der Waals surface area contributed by atoms with Crippen LogP contribution in [-0.4, -0.2) is 56.4 Å². The van der Waals surface area contributed by atoms with Crippen molar-refractivity contribution < 1.29 is 19.4 Å². The number of halogens is 1. The van der Waals surface area contributed by atoms with Crippen molar-refractivity contribution in [3.63, 3.8) is 0 Å². The molecule has 4 aromatic rings. The van der Waals surface area contributed by atoms with E-state index in [0.717, 1.165) is 17.0 Å². The second kappa shape index (κ2) is 12.4. The lowest BCUT2D eigenvalue weighted by Gasteiger charge is -2.11. The minimum absolute atomic E-state index is 0.0117. The highest BCUT2D eigenvalue weighted by molar-refractivity contribution is 9.10. The van der Waals surface area contributed by atoms with Gasteiger partial charge in [-0.1, -0.05) is 11.8 Å². The van der Waals surface area contributed by atoms with Crippen molar-refractivity contribution in [3.8, 4) is 34.3 Å². The molecule has 0 radical (unpaired) electrons. The Balaban J connectivity index is 1.49. The van der Waals surface area contributed by atoms with Crippen LogP contribution in [-0.2, 0) is 4.79 Å². The zero-order chi connectivity index (χ0) is 26.2. The highest BCUT2D eigenvalue weighted by atomic mass is 79.9. The summed E-state index contributed by atoms with van der Waals surface area (Å²) in [5.74, 6) is 1.37. The number of pyridine rings is 1. The number of ether oxygens (including phenoxy) is 2. The highest BCUT2D eigenvalue weighted by Crippen LogP contribution is 2.34. The fourth-order valence-corrected chi connectivity index (χ4v) is 4.51. The quantitative estimate of drug-likeness (QED) is 0.160. The van der Waals surface area contributed by atoms with Crippen LogP contribution < -0.4 is 14.9 Å². The van der Waals surface area contributed by atoms with E-state index in [2.05, 4.69) is 41.6 Å². The third kappa shape index (κ3) is 6.46. The zero-order valence-corrected chi connectivity index (χ0v) is 22.4. The molecule has 0 saturated heterocycles. The second-order valence-corrected chi connectivity index (χ2v) is 9.24. The number of methoxy groups -OCH3 is 1. The van der Waals surface area contributed by atoms with E-state index in [4.69, 9.17) is 9.47 Å². The highest BCUT2D eigenvalue weighted by Gasteiger charge is 2.17. The van der Waals surface area contributed by atoms with Gasteiger partial charge in [0.05, 0.1) is 30.2 Å². The number of aromatic nitrogens is 4. The molecule has 0 spiro atoms. The topological polar surface area (TPSA) is 124 Å². The van der Waals surface area contributed by atoms with Crippen molar-refractivity contribution in [2.24, 2.45) is 5.10 Å². The number of carbonyl (C=O) groups excluding carboxylic acids is 1. The predicted octanol–water partition coefficient (Wildman–Crippen LogP) is 4.45. The summed E-state index contributed by atoms with van der Waals surface area (Å²) in [4.78, 5) is 16.7. The van der Waals surface area contributed by atoms with E-state index in [1.54, 1.807) is 24.5 Å². The summed E-state index contributed by atoms with van der Waals surface area (Å²) in [6.07, 6.45) is 4.86. The number of benzene rings is 2. The van der Waals surface area contributed by atoms with Gasteiger partial charge in [-0.2, -0.15) is 5.10 Å². The van der Waals surface area contributed by atoms with Crippen molar-refractivity contribution in [1.82, 2.24) is 25.2 Å². The smallest absolute Gasteiger partial charge is 0.250 e. The molecular weight excluding hydrogens is 560 g/mol. The van der Waals surface area contributed by atoms with Crippen molar-refractivity contribution in [2.45, 2.75) is 12.1 Å². The van der Waals surface area contributed by atoms with E-state index in [9.17, 15) is 9.90 Å². The first-order valence-electron chi connectivity index (χ1n) is 11.1. The lowest BCUT2D eigenvalue weighted by atomic mass is 10.2. The third-order valence-corrected chi connectivity index (χ3v) is 6.50. The first-order chi connectivity index (χ1) is 18.0. The Morgan fingerprint density at radius 2 is 2.05 bits per heavy atom. The summed E-state index contributed by atoms with van der Waals surface area (Å²) in [6, 6.07) is 14.5. The maximum absolute atomic E-state index is 12.5. The van der Waals surface area contributed by atoms with Gasteiger partial charge < -0.3 is 14.6 Å². The summed E-state index contributed by atoms with van der Waals surface area (Å²) in [5, 5.41) is 23.1. The van der Waals surface area contributed by atoms with Crippen LogP contribution in [0.25, 0.3) is 17.1 Å². The van der Waals surface area contributed by atoms with Crippen LogP contribution in [0.5, 0.6) is 17.2 Å². The number of aromatic hydroxyl groups is 1. The third-order valence-electron chi connectivity index (χ3n) is 4.96. The number of rotatable bonds is 10. The van der Waals surface area contributed by atoms with Crippen molar-refractivity contribution in [2.75, 3.05) is 19.5 Å². The lowest BCUT2D eigenvalue weighted by molar-refractivity contribution is -0.118. The molecule has 4 rings (SSSR count). The van der Waals surface area contributed by atoms with Gasteiger partial charge in [-0.05, 0) is 76.9 Å². The SMILES string of the molecule is CCOc1ccc(-n2c(SCC(=O)N/N=C\c3cc(Br)c(O)c(OC)c3)nnc2-c2cccnc2)cc1. The standard InChI is InChI=1S/C25H23BrN6O4S/c1-3-36-19-8-6-18(7-9-19)32-24(17-5-4-10-27-14-17)30-31-25(32)37-15-22(33)29-28-13-16-11-20(26)23(34)21(12-16)35-2/h4-14,34H,3,15H2,1-2H3,(H,29,33)/b28-13-. The first-order valence-corrected chi connectivity index (χ1v) is 12.9. The molecule has 2 aromatic carbocycles. The maximum Gasteiger partial charge on any atom is 0.250 e. The van der Waals surface area contributed by atoms with Crippen LogP contribution >= 0.6 is 27.7 Å². The van der Waals surface area contributed by atoms with Crippen LogP contribution in [0, 0.1) is 0 Å². The van der Waals surface area contributed by atoms with E-state index < -0.39 is 0 Å². The van der Waals surface area contributed by atoms with Gasteiger partial charge in [0.1, 0.15) is 5.75 Å². The number of amides is 1. The van der Waals surface area contributed by atoms with E-state index in [1.807, 2.05) is 47.9 Å². The Morgan fingerprint density at radius 3 is 2.76 bits per heavy atom. The number of hydrogen-bond donors (Lipinski definition) is 2. The van der Waals surface area contributed by atoms with Gasteiger partial charge >= 0.3 is 0 Å². The number of hydrogen-bond acceptors (Lipinski definition) is 9. The molecule has 12 heteroatoms. The monoisotopic (exact) mass is 582 g/mol. The number of hydrazone groups is 1. The van der Waals surface area contributed by atoms with E-state index in [0.29, 0.717) is 27.6 Å². The van der Waals surface area contributed by atoms with Crippen LogP contribution in [0.4, 0.5) is 0 Å². The fraction of sp³-hybridized carbons (Fsp3) is 0.160. The molecule has 2 heterocycles. The molecule has 10 nitrogen and oxygen atoms in total. The number of nitrogens with one attached hydrogen (secondary N) is 1. The molecule has 2 aromatic heterocycles. The van der Waals surface area contributed by atoms with Gasteiger partial charge in [-0.15, -0.1) is 10.2 Å². The molecule has 190 valence electrons. The summed E-state index contributed by atoms with van der Waals surface area (Å²) in [5.41, 5.74) is 4.74. The van der Waals surface area contributed by atoms with Crippen molar-refractivity contribution >= 4 is 39.8 Å². The molecule has 2 N–H and O–H groups in total. The number of phenolic OH excluding ortho intramolecular Hbond substituents is 1. The molecule has 0 fully saturated rings. The molecule has 0 aliphatic carbocycles. The maximum atomic E-state index is 12.5. The lowest BCUT2D eigenvalue weighted by Crippen LogP contribution is -2.20. The number of nitrogens with zero attached hydrogens (tertiary/aromatic N) is 5. The molecule has 37 heavy (non-hydrogen) atoms. The van der Waals surface area contributed by atoms with E-state index >= 15 is 0 Å². The van der Waals surface area contributed by atoms with E-state index in [-0.39, 0.29) is 23.2 Å². The van der Waals surface area contributed by atoms with E-state index in [1.165, 1.54) is 25.1 Å². The second-order valence-electron chi connectivity index (χ2n) is 7.45. The van der Waals surface area contributed by atoms with Gasteiger partial charge in [0.15, 0.2) is 22.5 Å². The molecule has 0 bridgehead atoms. The fourth-order valence-electron chi connectivity index (χ4n) is 3.30. The molecule has 0 unspecified atom stereocenters. The molecular formula is C25H23BrN6O4S. The predicted molar refractivity (Wildman–Crippen MR) is 145 cm³/mol. The Bertz CT molecular complexity index is 1400. The average molecular weight is 583 g/mol. The van der Waals surface area contributed by atoms with Crippen LogP contribution in [0.1, 0.15) is 12.5 Å². The van der Waals surface area contributed by atoms with Crippen LogP contribution in [0.3, 0.4) is 0 Å². The Labute approximate surface area is 225 Å². The summed E-state index contributed by atoms with van der Waals surface area (Å²) >= 11 is 4.49. The number of carbonyl (C=O) groups is 1. The summed E-state index contributed by atoms with van der Waals surface area (Å²) in [7, 11) is 1.45. The van der Waals surface area contributed by atoms with Gasteiger partial charge in [0.2, 0.25) is 0 Å². The molecule has 0 aliphatic heterocycles. The Kier molecular flexibility index (Phi) is 8.75. The summed E-state index contributed by atoms with van der Waals surface area (Å²) in [6.45, 7) is 2.50.